The Hall–Kier alpha value is -0.260. The maximum atomic E-state index is 9.84. The Balaban J connectivity index is 1.55. The van der Waals surface area contributed by atoms with Gasteiger partial charge in [0.1, 0.15) is 0 Å². The van der Waals surface area contributed by atoms with Crippen molar-refractivity contribution in [3.63, 3.8) is 0 Å². The molecule has 1 heterocycles. The lowest BCUT2D eigenvalue weighted by molar-refractivity contribution is 0.0286. The van der Waals surface area contributed by atoms with Crippen LogP contribution in [0.25, 0.3) is 0 Å². The van der Waals surface area contributed by atoms with Gasteiger partial charge in [-0.25, -0.2) is 0 Å². The fraction of sp³-hybridized carbons (Fsp3) is 0.600. The van der Waals surface area contributed by atoms with Crippen LogP contribution in [-0.2, 0) is 11.3 Å². The van der Waals surface area contributed by atoms with Gasteiger partial charge in [-0.2, -0.15) is 11.8 Å². The van der Waals surface area contributed by atoms with Crippen LogP contribution in [0.1, 0.15) is 12.0 Å². The molecule has 0 bridgehead atoms. The Labute approximate surface area is 130 Å². The molecule has 1 saturated heterocycles. The number of benzene rings is 1. The number of hydrogen-bond acceptors (Lipinski definition) is 4. The van der Waals surface area contributed by atoms with Crippen LogP contribution in [0.2, 0.25) is 5.02 Å². The number of aliphatic hydroxyl groups excluding tert-OH is 1. The lowest BCUT2D eigenvalue weighted by Gasteiger charge is -2.14. The van der Waals surface area contributed by atoms with Crippen molar-refractivity contribution in [2.75, 3.05) is 31.2 Å². The summed E-state index contributed by atoms with van der Waals surface area (Å²) >= 11 is 8.05. The smallest absolute Gasteiger partial charge is 0.0897 e. The molecule has 2 N–H and O–H groups in total. The lowest BCUT2D eigenvalue weighted by Crippen LogP contribution is -2.33. The molecule has 1 aliphatic rings. The second-order valence-electron chi connectivity index (χ2n) is 5.15. The van der Waals surface area contributed by atoms with Gasteiger partial charge in [-0.1, -0.05) is 29.8 Å². The van der Waals surface area contributed by atoms with E-state index in [1.54, 1.807) is 0 Å². The monoisotopic (exact) mass is 315 g/mol. The summed E-state index contributed by atoms with van der Waals surface area (Å²) in [6.45, 7) is 2.35. The van der Waals surface area contributed by atoms with Gasteiger partial charge >= 0.3 is 0 Å². The molecule has 1 aliphatic heterocycles. The number of hydrogen-bond donors (Lipinski definition) is 2. The van der Waals surface area contributed by atoms with Gasteiger partial charge in [0.15, 0.2) is 0 Å². The van der Waals surface area contributed by atoms with E-state index in [1.807, 2.05) is 36.0 Å². The molecule has 0 aromatic heterocycles. The Bertz CT molecular complexity index is 399. The van der Waals surface area contributed by atoms with Crippen LogP contribution >= 0.6 is 23.4 Å². The molecule has 0 saturated carbocycles. The van der Waals surface area contributed by atoms with Gasteiger partial charge in [-0.3, -0.25) is 0 Å². The fourth-order valence-corrected chi connectivity index (χ4v) is 3.65. The molecular formula is C15H22ClNO2S. The molecule has 20 heavy (non-hydrogen) atoms. The number of thioether (sulfide) groups is 1. The van der Waals surface area contributed by atoms with E-state index in [2.05, 4.69) is 5.32 Å². The van der Waals surface area contributed by atoms with Crippen LogP contribution in [0.4, 0.5) is 0 Å². The Kier molecular flexibility index (Phi) is 7.17. The first kappa shape index (κ1) is 16.1. The number of ether oxygens (including phenoxy) is 1. The van der Waals surface area contributed by atoms with Crippen molar-refractivity contribution < 1.29 is 9.84 Å². The van der Waals surface area contributed by atoms with E-state index in [0.717, 1.165) is 18.0 Å². The first-order valence-electron chi connectivity index (χ1n) is 7.03. The average molecular weight is 316 g/mol. The summed E-state index contributed by atoms with van der Waals surface area (Å²) in [5.74, 6) is 3.28. The number of rotatable bonds is 8. The average Bonchev–Trinajstić information content (AvgIpc) is 2.94. The maximum Gasteiger partial charge on any atom is 0.0897 e. The standard InChI is InChI=1S/C15H22ClNO2S/c16-15-4-2-1-3-13(15)9-19-10-14(18)8-17-7-12-5-6-20-11-12/h1-4,12,14,17-18H,5-11H2. The molecule has 0 aliphatic carbocycles. The van der Waals surface area contributed by atoms with E-state index in [-0.39, 0.29) is 0 Å². The summed E-state index contributed by atoms with van der Waals surface area (Å²) in [4.78, 5) is 0. The van der Waals surface area contributed by atoms with Crippen LogP contribution in [0.15, 0.2) is 24.3 Å². The second-order valence-corrected chi connectivity index (χ2v) is 6.71. The highest BCUT2D eigenvalue weighted by Crippen LogP contribution is 2.22. The molecule has 0 amide bonds. The van der Waals surface area contributed by atoms with Gasteiger partial charge in [0.2, 0.25) is 0 Å². The highest BCUT2D eigenvalue weighted by molar-refractivity contribution is 7.99. The Morgan fingerprint density at radius 3 is 3.05 bits per heavy atom. The minimum Gasteiger partial charge on any atom is -0.389 e. The topological polar surface area (TPSA) is 41.5 Å². The van der Waals surface area contributed by atoms with Gasteiger partial charge in [0.25, 0.3) is 0 Å². The first-order valence-corrected chi connectivity index (χ1v) is 8.56. The van der Waals surface area contributed by atoms with Crippen LogP contribution < -0.4 is 5.32 Å². The Morgan fingerprint density at radius 2 is 2.30 bits per heavy atom. The van der Waals surface area contributed by atoms with E-state index < -0.39 is 6.10 Å². The number of halogens is 1. The zero-order valence-corrected chi connectivity index (χ0v) is 13.1. The molecule has 1 fully saturated rings. The van der Waals surface area contributed by atoms with Crippen molar-refractivity contribution in [3.05, 3.63) is 34.9 Å². The largest absolute Gasteiger partial charge is 0.389 e. The third kappa shape index (κ3) is 5.62. The molecule has 2 rings (SSSR count). The minimum absolute atomic E-state index is 0.331. The highest BCUT2D eigenvalue weighted by Gasteiger charge is 2.15. The maximum absolute atomic E-state index is 9.84. The summed E-state index contributed by atoms with van der Waals surface area (Å²) in [5.41, 5.74) is 0.956. The van der Waals surface area contributed by atoms with Crippen molar-refractivity contribution in [1.29, 1.82) is 0 Å². The van der Waals surface area contributed by atoms with Crippen LogP contribution in [-0.4, -0.2) is 42.4 Å². The summed E-state index contributed by atoms with van der Waals surface area (Å²) in [5, 5.41) is 13.9. The summed E-state index contributed by atoms with van der Waals surface area (Å²) in [6, 6.07) is 7.61. The molecule has 5 heteroatoms. The predicted molar refractivity (Wildman–Crippen MR) is 85.4 cm³/mol. The van der Waals surface area contributed by atoms with Gasteiger partial charge < -0.3 is 15.2 Å². The highest BCUT2D eigenvalue weighted by atomic mass is 35.5. The van der Waals surface area contributed by atoms with Crippen LogP contribution in [0.3, 0.4) is 0 Å². The van der Waals surface area contributed by atoms with Gasteiger partial charge in [-0.15, -0.1) is 0 Å². The van der Waals surface area contributed by atoms with E-state index in [9.17, 15) is 5.11 Å². The van der Waals surface area contributed by atoms with Gasteiger partial charge in [-0.05, 0) is 42.0 Å². The normalized spacial score (nSPS) is 20.2. The lowest BCUT2D eigenvalue weighted by atomic mass is 10.1. The molecule has 112 valence electrons. The van der Waals surface area contributed by atoms with Crippen molar-refractivity contribution in [1.82, 2.24) is 5.32 Å². The van der Waals surface area contributed by atoms with E-state index in [0.29, 0.717) is 24.8 Å². The molecule has 1 aromatic carbocycles. The molecule has 3 nitrogen and oxygen atoms in total. The SMILES string of the molecule is OC(CNCC1CCSC1)COCc1ccccc1Cl. The van der Waals surface area contributed by atoms with Crippen LogP contribution in [0, 0.1) is 5.92 Å². The van der Waals surface area contributed by atoms with E-state index in [1.165, 1.54) is 17.9 Å². The predicted octanol–water partition coefficient (Wildman–Crippen LogP) is 2.56. The van der Waals surface area contributed by atoms with Gasteiger partial charge in [0, 0.05) is 11.6 Å². The molecule has 2 unspecified atom stereocenters. The third-order valence-electron chi connectivity index (χ3n) is 3.36. The van der Waals surface area contributed by atoms with Crippen molar-refractivity contribution in [2.24, 2.45) is 5.92 Å². The van der Waals surface area contributed by atoms with Crippen molar-refractivity contribution in [2.45, 2.75) is 19.1 Å². The zero-order valence-electron chi connectivity index (χ0n) is 11.6. The van der Waals surface area contributed by atoms with Crippen LogP contribution in [0.5, 0.6) is 0 Å². The number of aliphatic hydroxyl groups is 1. The summed E-state index contributed by atoms with van der Waals surface area (Å²) in [7, 11) is 0. The molecule has 0 radical (unpaired) electrons. The molecular weight excluding hydrogens is 294 g/mol. The fourth-order valence-electron chi connectivity index (χ4n) is 2.18. The quantitative estimate of drug-likeness (QED) is 0.773. The molecule has 1 aromatic rings. The second kappa shape index (κ2) is 8.90. The minimum atomic E-state index is -0.466. The van der Waals surface area contributed by atoms with Gasteiger partial charge in [0.05, 0.1) is 19.3 Å². The third-order valence-corrected chi connectivity index (χ3v) is 4.96. The summed E-state index contributed by atoms with van der Waals surface area (Å²) < 4.78 is 5.51. The molecule has 2 atom stereocenters. The zero-order chi connectivity index (χ0) is 14.2. The molecule has 0 spiro atoms. The summed E-state index contributed by atoms with van der Waals surface area (Å²) in [6.07, 6.45) is 0.822. The van der Waals surface area contributed by atoms with Crippen molar-refractivity contribution in [3.8, 4) is 0 Å². The number of nitrogens with one attached hydrogen (secondary N) is 1. The Morgan fingerprint density at radius 1 is 1.45 bits per heavy atom. The van der Waals surface area contributed by atoms with E-state index in [4.69, 9.17) is 16.3 Å². The van der Waals surface area contributed by atoms with E-state index >= 15 is 0 Å². The van der Waals surface area contributed by atoms with Crippen molar-refractivity contribution >= 4 is 23.4 Å². The first-order chi connectivity index (χ1) is 9.75.